The molecule has 0 radical (unpaired) electrons. The molecule has 31 heavy (non-hydrogen) atoms. The summed E-state index contributed by atoms with van der Waals surface area (Å²) in [5, 5.41) is 0. The van der Waals surface area contributed by atoms with E-state index >= 15 is 0 Å². The Morgan fingerprint density at radius 2 is 1.61 bits per heavy atom. The summed E-state index contributed by atoms with van der Waals surface area (Å²) in [4.78, 5) is 36.7. The molecule has 1 aliphatic rings. The molecule has 1 aliphatic heterocycles. The van der Waals surface area contributed by atoms with Crippen LogP contribution in [0.15, 0.2) is 30.3 Å². The first kappa shape index (κ1) is 24.8. The van der Waals surface area contributed by atoms with Gasteiger partial charge in [-0.05, 0) is 12.0 Å². The third-order valence-corrected chi connectivity index (χ3v) is 4.82. The predicted octanol–water partition coefficient (Wildman–Crippen LogP) is 2.67. The number of rotatable bonds is 9. The molecule has 0 bridgehead atoms. The fraction of sp³-hybridized carbons (Fsp3) is 0.609. The minimum absolute atomic E-state index is 0.000277. The van der Waals surface area contributed by atoms with Gasteiger partial charge in [0, 0.05) is 6.42 Å². The van der Waals surface area contributed by atoms with Crippen LogP contribution in [-0.4, -0.2) is 56.2 Å². The van der Waals surface area contributed by atoms with Crippen LogP contribution in [0.1, 0.15) is 39.7 Å². The van der Waals surface area contributed by atoms with E-state index in [1.807, 2.05) is 30.3 Å². The molecule has 1 aromatic carbocycles. The molecule has 172 valence electrons. The monoisotopic (exact) mass is 436 g/mol. The molecular formula is C23H32O8. The molecule has 0 aliphatic carbocycles. The fourth-order valence-corrected chi connectivity index (χ4v) is 2.97. The Labute approximate surface area is 183 Å². The normalized spacial score (nSPS) is 23.5. The van der Waals surface area contributed by atoms with Crippen LogP contribution in [0.2, 0.25) is 0 Å². The zero-order valence-electron chi connectivity index (χ0n) is 18.7. The van der Waals surface area contributed by atoms with Gasteiger partial charge >= 0.3 is 17.9 Å². The molecule has 0 amide bonds. The Hall–Kier alpha value is -2.45. The number of methoxy groups -OCH3 is 1. The highest BCUT2D eigenvalue weighted by molar-refractivity contribution is 5.75. The van der Waals surface area contributed by atoms with E-state index < -0.39 is 54.3 Å². The van der Waals surface area contributed by atoms with E-state index in [9.17, 15) is 14.4 Å². The van der Waals surface area contributed by atoms with E-state index in [4.69, 9.17) is 23.7 Å². The molecule has 0 N–H and O–H groups in total. The molecule has 1 heterocycles. The van der Waals surface area contributed by atoms with Crippen LogP contribution in [0.4, 0.5) is 0 Å². The van der Waals surface area contributed by atoms with Gasteiger partial charge in [-0.1, -0.05) is 58.0 Å². The number of carbonyl (C=O) groups excluding carboxylic acids is 3. The lowest BCUT2D eigenvalue weighted by Crippen LogP contribution is -2.55. The molecule has 2 rings (SSSR count). The first-order valence-corrected chi connectivity index (χ1v) is 10.5. The van der Waals surface area contributed by atoms with Crippen molar-refractivity contribution in [2.75, 3.05) is 13.7 Å². The number of benzene rings is 1. The smallest absolute Gasteiger partial charge is 0.335 e. The van der Waals surface area contributed by atoms with Crippen LogP contribution in [0, 0.1) is 11.8 Å². The van der Waals surface area contributed by atoms with Crippen molar-refractivity contribution in [3.05, 3.63) is 35.9 Å². The summed E-state index contributed by atoms with van der Waals surface area (Å²) in [5.74, 6) is -2.35. The highest BCUT2D eigenvalue weighted by atomic mass is 16.7. The molecule has 0 spiro atoms. The predicted molar refractivity (Wildman–Crippen MR) is 111 cm³/mol. The third kappa shape index (κ3) is 7.33. The van der Waals surface area contributed by atoms with Crippen LogP contribution >= 0.6 is 0 Å². The van der Waals surface area contributed by atoms with Gasteiger partial charge in [0.25, 0.3) is 0 Å². The zero-order valence-corrected chi connectivity index (χ0v) is 18.7. The number of hydrogen-bond acceptors (Lipinski definition) is 8. The summed E-state index contributed by atoms with van der Waals surface area (Å²) in [6, 6.07) is 9.70. The number of carbonyl (C=O) groups is 3. The van der Waals surface area contributed by atoms with E-state index in [1.54, 1.807) is 27.7 Å². The lowest BCUT2D eigenvalue weighted by atomic mass is 10.0. The Kier molecular flexibility index (Phi) is 9.45. The third-order valence-electron chi connectivity index (χ3n) is 4.82. The fourth-order valence-electron chi connectivity index (χ4n) is 2.97. The van der Waals surface area contributed by atoms with Crippen LogP contribution in [0.3, 0.4) is 0 Å². The molecular weight excluding hydrogens is 404 g/mol. The van der Waals surface area contributed by atoms with Gasteiger partial charge in [-0.25, -0.2) is 4.79 Å². The maximum Gasteiger partial charge on any atom is 0.335 e. The summed E-state index contributed by atoms with van der Waals surface area (Å²) in [6.07, 6.45) is -3.42. The topological polar surface area (TPSA) is 97.4 Å². The van der Waals surface area contributed by atoms with Crippen molar-refractivity contribution < 1.29 is 38.1 Å². The SMILES string of the molecule is COC(=O)[C@@H]1C[C@H](OC(=O)C(C)C)[C@@H](OC(=O)C(C)C)[C@@H](OCCc2ccccc2)O1. The molecule has 1 aromatic rings. The van der Waals surface area contributed by atoms with Gasteiger partial charge in [-0.2, -0.15) is 0 Å². The second-order valence-electron chi connectivity index (χ2n) is 8.04. The van der Waals surface area contributed by atoms with Crippen molar-refractivity contribution in [2.24, 2.45) is 11.8 Å². The van der Waals surface area contributed by atoms with E-state index in [-0.39, 0.29) is 13.0 Å². The van der Waals surface area contributed by atoms with Gasteiger partial charge in [-0.15, -0.1) is 0 Å². The molecule has 8 nitrogen and oxygen atoms in total. The first-order valence-electron chi connectivity index (χ1n) is 10.5. The van der Waals surface area contributed by atoms with Gasteiger partial charge in [0.1, 0.15) is 6.10 Å². The highest BCUT2D eigenvalue weighted by Crippen LogP contribution is 2.28. The zero-order chi connectivity index (χ0) is 23.0. The van der Waals surface area contributed by atoms with E-state index in [2.05, 4.69) is 0 Å². The summed E-state index contributed by atoms with van der Waals surface area (Å²) >= 11 is 0. The van der Waals surface area contributed by atoms with Crippen LogP contribution in [0.25, 0.3) is 0 Å². The molecule has 1 saturated heterocycles. The largest absolute Gasteiger partial charge is 0.467 e. The van der Waals surface area contributed by atoms with Gasteiger partial charge in [0.05, 0.1) is 25.6 Å². The van der Waals surface area contributed by atoms with Crippen LogP contribution in [-0.2, 0) is 44.5 Å². The molecule has 4 atom stereocenters. The summed E-state index contributed by atoms with van der Waals surface area (Å²) in [6.45, 7) is 7.04. The Bertz CT molecular complexity index is 730. The lowest BCUT2D eigenvalue weighted by molar-refractivity contribution is -0.276. The van der Waals surface area contributed by atoms with Crippen molar-refractivity contribution in [2.45, 2.75) is 65.1 Å². The van der Waals surface area contributed by atoms with Crippen LogP contribution in [0.5, 0.6) is 0 Å². The summed E-state index contributed by atoms with van der Waals surface area (Å²) < 4.78 is 27.6. The Balaban J connectivity index is 2.21. The Morgan fingerprint density at radius 3 is 2.19 bits per heavy atom. The number of hydrogen-bond donors (Lipinski definition) is 0. The molecule has 1 fully saturated rings. The van der Waals surface area contributed by atoms with Gasteiger partial charge in [0.2, 0.25) is 0 Å². The molecule has 0 unspecified atom stereocenters. The van der Waals surface area contributed by atoms with Gasteiger partial charge < -0.3 is 23.7 Å². The average Bonchev–Trinajstić information content (AvgIpc) is 2.75. The molecule has 0 saturated carbocycles. The van der Waals surface area contributed by atoms with Gasteiger partial charge in [0.15, 0.2) is 18.5 Å². The van der Waals surface area contributed by atoms with Crippen molar-refractivity contribution >= 4 is 17.9 Å². The van der Waals surface area contributed by atoms with Crippen molar-refractivity contribution in [3.8, 4) is 0 Å². The van der Waals surface area contributed by atoms with E-state index in [0.29, 0.717) is 6.42 Å². The second kappa shape index (κ2) is 11.8. The summed E-state index contributed by atoms with van der Waals surface area (Å²) in [7, 11) is 1.25. The summed E-state index contributed by atoms with van der Waals surface area (Å²) in [5.41, 5.74) is 1.06. The minimum Gasteiger partial charge on any atom is -0.467 e. The standard InChI is InChI=1S/C23H32O8/c1-14(2)20(24)29-17-13-18(22(26)27-5)30-23(19(17)31-21(25)15(3)4)28-12-11-16-9-7-6-8-10-16/h6-10,14-15,17-19,23H,11-13H2,1-5H3/t17-,18-,19+,23-/m0/s1. The van der Waals surface area contributed by atoms with Crippen LogP contribution < -0.4 is 0 Å². The quantitative estimate of drug-likeness (QED) is 0.431. The highest BCUT2D eigenvalue weighted by Gasteiger charge is 2.47. The molecule has 8 heteroatoms. The first-order chi connectivity index (χ1) is 14.7. The van der Waals surface area contributed by atoms with Crippen molar-refractivity contribution in [1.82, 2.24) is 0 Å². The number of esters is 3. The van der Waals surface area contributed by atoms with Crippen molar-refractivity contribution in [1.29, 1.82) is 0 Å². The Morgan fingerprint density at radius 1 is 1.00 bits per heavy atom. The van der Waals surface area contributed by atoms with Crippen molar-refractivity contribution in [3.63, 3.8) is 0 Å². The second-order valence-corrected chi connectivity index (χ2v) is 8.04. The van der Waals surface area contributed by atoms with E-state index in [1.165, 1.54) is 7.11 Å². The maximum absolute atomic E-state index is 12.3. The van der Waals surface area contributed by atoms with E-state index in [0.717, 1.165) is 5.56 Å². The minimum atomic E-state index is -1.09. The molecule has 0 aromatic heterocycles. The lowest BCUT2D eigenvalue weighted by Gasteiger charge is -2.39. The maximum atomic E-state index is 12.3. The average molecular weight is 437 g/mol. The number of ether oxygens (including phenoxy) is 5. The van der Waals surface area contributed by atoms with Gasteiger partial charge in [-0.3, -0.25) is 9.59 Å².